The van der Waals surface area contributed by atoms with Gasteiger partial charge in [-0.2, -0.15) is 0 Å². The van der Waals surface area contributed by atoms with E-state index >= 15 is 0 Å². The fraction of sp³-hybridized carbons (Fsp3) is 0.133. The standard InChI is InChI=1S/C15H13BO4/c1-20-8-9-6-7-11-10-4-2-3-5-12(10)15(17)13(11)14(9)16(18)19/h2-7,18-19H,8H2,1H3. The van der Waals surface area contributed by atoms with Gasteiger partial charge in [-0.3, -0.25) is 4.79 Å². The number of carbonyl (C=O) groups excluding carboxylic acids is 1. The second-order valence-electron chi connectivity index (χ2n) is 4.74. The van der Waals surface area contributed by atoms with Crippen LogP contribution in [0.15, 0.2) is 36.4 Å². The van der Waals surface area contributed by atoms with E-state index in [9.17, 15) is 14.8 Å². The highest BCUT2D eigenvalue weighted by Crippen LogP contribution is 2.36. The summed E-state index contributed by atoms with van der Waals surface area (Å²) in [7, 11) is -0.175. The minimum Gasteiger partial charge on any atom is -0.423 e. The Hall–Kier alpha value is -1.95. The van der Waals surface area contributed by atoms with E-state index in [1.807, 2.05) is 18.2 Å². The molecule has 0 amide bonds. The zero-order valence-corrected chi connectivity index (χ0v) is 11.0. The molecule has 5 heteroatoms. The normalized spacial score (nSPS) is 12.2. The Morgan fingerprint density at radius 1 is 1.05 bits per heavy atom. The molecule has 0 heterocycles. The van der Waals surface area contributed by atoms with Gasteiger partial charge in [0.15, 0.2) is 5.78 Å². The maximum absolute atomic E-state index is 12.5. The van der Waals surface area contributed by atoms with Crippen LogP contribution in [0.25, 0.3) is 11.1 Å². The number of rotatable bonds is 3. The summed E-state index contributed by atoms with van der Waals surface area (Å²) in [4.78, 5) is 12.5. The van der Waals surface area contributed by atoms with Crippen molar-refractivity contribution in [2.75, 3.05) is 7.11 Å². The van der Waals surface area contributed by atoms with Gasteiger partial charge in [-0.05, 0) is 22.2 Å². The second kappa shape index (κ2) is 4.87. The van der Waals surface area contributed by atoms with Crippen LogP contribution in [-0.4, -0.2) is 30.1 Å². The van der Waals surface area contributed by atoms with Crippen LogP contribution in [0, 0.1) is 0 Å². The van der Waals surface area contributed by atoms with Gasteiger partial charge in [-0.1, -0.05) is 36.4 Å². The van der Waals surface area contributed by atoms with Gasteiger partial charge in [0.05, 0.1) is 6.61 Å². The van der Waals surface area contributed by atoms with Gasteiger partial charge in [0, 0.05) is 18.2 Å². The van der Waals surface area contributed by atoms with E-state index in [0.717, 1.165) is 11.1 Å². The van der Waals surface area contributed by atoms with E-state index in [1.165, 1.54) is 7.11 Å². The molecule has 0 saturated carbocycles. The van der Waals surface area contributed by atoms with Crippen molar-refractivity contribution < 1.29 is 19.6 Å². The molecule has 0 saturated heterocycles. The molecule has 0 bridgehead atoms. The van der Waals surface area contributed by atoms with Crippen molar-refractivity contribution in [3.8, 4) is 11.1 Å². The van der Waals surface area contributed by atoms with E-state index in [1.54, 1.807) is 18.2 Å². The van der Waals surface area contributed by atoms with E-state index in [-0.39, 0.29) is 17.9 Å². The molecule has 100 valence electrons. The third kappa shape index (κ3) is 1.79. The summed E-state index contributed by atoms with van der Waals surface area (Å²) >= 11 is 0. The molecule has 2 N–H and O–H groups in total. The molecule has 0 radical (unpaired) electrons. The SMILES string of the molecule is COCc1ccc2c(c1B(O)O)C(=O)c1ccccc1-2. The Labute approximate surface area is 116 Å². The van der Waals surface area contributed by atoms with Crippen LogP contribution >= 0.6 is 0 Å². The molecule has 0 spiro atoms. The van der Waals surface area contributed by atoms with Gasteiger partial charge in [0.2, 0.25) is 0 Å². The summed E-state index contributed by atoms with van der Waals surface area (Å²) in [5, 5.41) is 19.3. The summed E-state index contributed by atoms with van der Waals surface area (Å²) in [5.41, 5.74) is 3.40. The first kappa shape index (κ1) is 13.1. The van der Waals surface area contributed by atoms with Crippen molar-refractivity contribution in [1.82, 2.24) is 0 Å². The smallest absolute Gasteiger partial charge is 0.423 e. The lowest BCUT2D eigenvalue weighted by molar-refractivity contribution is 0.104. The maximum Gasteiger partial charge on any atom is 0.489 e. The molecule has 0 unspecified atom stereocenters. The van der Waals surface area contributed by atoms with Crippen LogP contribution in [0.1, 0.15) is 21.5 Å². The summed E-state index contributed by atoms with van der Waals surface area (Å²) in [6.45, 7) is 0.226. The Balaban J connectivity index is 2.29. The average molecular weight is 268 g/mol. The van der Waals surface area contributed by atoms with Crippen LogP contribution in [0.5, 0.6) is 0 Å². The van der Waals surface area contributed by atoms with E-state index in [0.29, 0.717) is 16.7 Å². The predicted octanol–water partition coefficient (Wildman–Crippen LogP) is 0.724. The monoisotopic (exact) mass is 268 g/mol. The Bertz CT molecular complexity index is 694. The van der Waals surface area contributed by atoms with Gasteiger partial charge in [-0.15, -0.1) is 0 Å². The van der Waals surface area contributed by atoms with Gasteiger partial charge in [0.1, 0.15) is 0 Å². The van der Waals surface area contributed by atoms with E-state index in [2.05, 4.69) is 0 Å². The number of hydrogen-bond donors (Lipinski definition) is 2. The number of carbonyl (C=O) groups is 1. The molecule has 2 aromatic carbocycles. The number of methoxy groups -OCH3 is 1. The average Bonchev–Trinajstić information content (AvgIpc) is 2.73. The van der Waals surface area contributed by atoms with Gasteiger partial charge < -0.3 is 14.8 Å². The lowest BCUT2D eigenvalue weighted by Gasteiger charge is -2.12. The second-order valence-corrected chi connectivity index (χ2v) is 4.74. The summed E-state index contributed by atoms with van der Waals surface area (Å²) in [5.74, 6) is -0.170. The minimum atomic E-state index is -1.70. The molecule has 2 aromatic rings. The zero-order valence-electron chi connectivity index (χ0n) is 11.0. The molecule has 0 aliphatic heterocycles. The van der Waals surface area contributed by atoms with Crippen molar-refractivity contribution in [2.45, 2.75) is 6.61 Å². The molecule has 1 aliphatic carbocycles. The van der Waals surface area contributed by atoms with Gasteiger partial charge in [-0.25, -0.2) is 0 Å². The third-order valence-electron chi connectivity index (χ3n) is 3.58. The molecular weight excluding hydrogens is 255 g/mol. The van der Waals surface area contributed by atoms with Crippen molar-refractivity contribution in [1.29, 1.82) is 0 Å². The maximum atomic E-state index is 12.5. The molecule has 4 nitrogen and oxygen atoms in total. The molecule has 0 aromatic heterocycles. The number of ketones is 1. The Kier molecular flexibility index (Phi) is 3.18. The molecule has 0 atom stereocenters. The fourth-order valence-electron chi connectivity index (χ4n) is 2.76. The van der Waals surface area contributed by atoms with Crippen molar-refractivity contribution in [2.24, 2.45) is 0 Å². The molecule has 0 fully saturated rings. The summed E-state index contributed by atoms with van der Waals surface area (Å²) in [6, 6.07) is 10.9. The molecule has 1 aliphatic rings. The van der Waals surface area contributed by atoms with Crippen LogP contribution in [0.2, 0.25) is 0 Å². The van der Waals surface area contributed by atoms with Crippen LogP contribution < -0.4 is 5.46 Å². The first-order valence-corrected chi connectivity index (χ1v) is 6.30. The number of hydrogen-bond acceptors (Lipinski definition) is 4. The zero-order chi connectivity index (χ0) is 14.3. The number of fused-ring (bicyclic) bond motifs is 3. The Morgan fingerprint density at radius 2 is 1.75 bits per heavy atom. The van der Waals surface area contributed by atoms with Crippen molar-refractivity contribution in [3.63, 3.8) is 0 Å². The first-order valence-electron chi connectivity index (χ1n) is 6.30. The highest BCUT2D eigenvalue weighted by molar-refractivity contribution is 6.62. The molecular formula is C15H13BO4. The highest BCUT2D eigenvalue weighted by atomic mass is 16.5. The third-order valence-corrected chi connectivity index (χ3v) is 3.58. The fourth-order valence-corrected chi connectivity index (χ4v) is 2.76. The van der Waals surface area contributed by atoms with Crippen LogP contribution in [0.3, 0.4) is 0 Å². The first-order chi connectivity index (χ1) is 9.65. The highest BCUT2D eigenvalue weighted by Gasteiger charge is 2.33. The summed E-state index contributed by atoms with van der Waals surface area (Å²) < 4.78 is 5.06. The van der Waals surface area contributed by atoms with E-state index in [4.69, 9.17) is 4.74 Å². The van der Waals surface area contributed by atoms with Gasteiger partial charge >= 0.3 is 7.12 Å². The van der Waals surface area contributed by atoms with Crippen LogP contribution in [0.4, 0.5) is 0 Å². The van der Waals surface area contributed by atoms with Gasteiger partial charge in [0.25, 0.3) is 0 Å². The summed E-state index contributed by atoms with van der Waals surface area (Å²) in [6.07, 6.45) is 0. The lowest BCUT2D eigenvalue weighted by atomic mass is 9.72. The lowest BCUT2D eigenvalue weighted by Crippen LogP contribution is -2.37. The van der Waals surface area contributed by atoms with Crippen molar-refractivity contribution in [3.05, 3.63) is 53.1 Å². The Morgan fingerprint density at radius 3 is 2.40 bits per heavy atom. The minimum absolute atomic E-state index is 0.170. The predicted molar refractivity (Wildman–Crippen MR) is 75.8 cm³/mol. The van der Waals surface area contributed by atoms with Crippen LogP contribution in [-0.2, 0) is 11.3 Å². The quantitative estimate of drug-likeness (QED) is 0.687. The largest absolute Gasteiger partial charge is 0.489 e. The number of ether oxygens (including phenoxy) is 1. The molecule has 3 rings (SSSR count). The number of benzene rings is 2. The topological polar surface area (TPSA) is 66.8 Å². The van der Waals surface area contributed by atoms with E-state index < -0.39 is 7.12 Å². The molecule has 20 heavy (non-hydrogen) atoms. The van der Waals surface area contributed by atoms with Crippen molar-refractivity contribution >= 4 is 18.4 Å².